The number of sulfonamides is 1. The summed E-state index contributed by atoms with van der Waals surface area (Å²) in [7, 11) is -3.87. The van der Waals surface area contributed by atoms with Gasteiger partial charge in [-0.3, -0.25) is 0 Å². The predicted octanol–water partition coefficient (Wildman–Crippen LogP) is 5.84. The molecule has 5 rings (SSSR count). The Kier molecular flexibility index (Phi) is 6.00. The molecule has 0 atom stereocenters. The van der Waals surface area contributed by atoms with Crippen LogP contribution in [0.1, 0.15) is 35.6 Å². The van der Waals surface area contributed by atoms with Crippen LogP contribution in [0.5, 0.6) is 0 Å². The van der Waals surface area contributed by atoms with Crippen molar-refractivity contribution in [2.45, 2.75) is 37.1 Å². The van der Waals surface area contributed by atoms with Gasteiger partial charge in [0.2, 0.25) is 10.0 Å². The molecule has 1 fully saturated rings. The van der Waals surface area contributed by atoms with Crippen LogP contribution in [0.3, 0.4) is 0 Å². The lowest BCUT2D eigenvalue weighted by Crippen LogP contribution is -2.38. The Balaban J connectivity index is 1.43. The molecule has 1 saturated heterocycles. The first-order valence-electron chi connectivity index (χ1n) is 11.4. The lowest BCUT2D eigenvalue weighted by atomic mass is 9.88. The van der Waals surface area contributed by atoms with Crippen molar-refractivity contribution in [3.05, 3.63) is 101 Å². The number of benzene rings is 3. The van der Waals surface area contributed by atoms with Gasteiger partial charge in [0, 0.05) is 36.2 Å². The highest BCUT2D eigenvalue weighted by Gasteiger charge is 2.33. The minimum atomic E-state index is -3.87. The van der Waals surface area contributed by atoms with Crippen molar-refractivity contribution < 1.29 is 17.2 Å². The minimum absolute atomic E-state index is 0.200. The van der Waals surface area contributed by atoms with Gasteiger partial charge in [0.05, 0.1) is 0 Å². The molecule has 4 nitrogen and oxygen atoms in total. The molecule has 176 valence electrons. The maximum absolute atomic E-state index is 14.2. The molecule has 0 bridgehead atoms. The van der Waals surface area contributed by atoms with Gasteiger partial charge < -0.3 is 4.57 Å². The van der Waals surface area contributed by atoms with E-state index in [0.717, 1.165) is 22.2 Å². The summed E-state index contributed by atoms with van der Waals surface area (Å²) in [6, 6.07) is 20.3. The van der Waals surface area contributed by atoms with Gasteiger partial charge in [-0.2, -0.15) is 4.31 Å². The Bertz CT molecular complexity index is 1440. The second kappa shape index (κ2) is 8.96. The summed E-state index contributed by atoms with van der Waals surface area (Å²) in [6.45, 7) is 3.42. The Labute approximate surface area is 198 Å². The molecule has 2 heterocycles. The van der Waals surface area contributed by atoms with Crippen molar-refractivity contribution in [3.8, 4) is 0 Å². The molecule has 0 aliphatic carbocycles. The highest BCUT2D eigenvalue weighted by molar-refractivity contribution is 7.89. The van der Waals surface area contributed by atoms with E-state index in [9.17, 15) is 17.2 Å². The van der Waals surface area contributed by atoms with Gasteiger partial charge in [-0.15, -0.1) is 0 Å². The van der Waals surface area contributed by atoms with E-state index in [2.05, 4.69) is 23.6 Å². The summed E-state index contributed by atoms with van der Waals surface area (Å²) < 4.78 is 57.2. The largest absolute Gasteiger partial charge is 0.340 e. The summed E-state index contributed by atoms with van der Waals surface area (Å²) in [5.74, 6) is -0.772. The van der Waals surface area contributed by atoms with Crippen LogP contribution in [0.25, 0.3) is 10.9 Å². The second-order valence-corrected chi connectivity index (χ2v) is 10.7. The van der Waals surface area contributed by atoms with Crippen molar-refractivity contribution in [2.75, 3.05) is 13.1 Å². The van der Waals surface area contributed by atoms with Crippen LogP contribution >= 0.6 is 0 Å². The van der Waals surface area contributed by atoms with Crippen LogP contribution in [0.2, 0.25) is 0 Å². The molecule has 0 amide bonds. The number of piperidine rings is 1. The summed E-state index contributed by atoms with van der Waals surface area (Å²) in [5, 5.41) is 1.16. The van der Waals surface area contributed by atoms with E-state index in [1.165, 1.54) is 40.2 Å². The molecule has 0 unspecified atom stereocenters. The zero-order valence-electron chi connectivity index (χ0n) is 18.9. The number of rotatable bonds is 5. The minimum Gasteiger partial charge on any atom is -0.340 e. The molecule has 0 spiro atoms. The van der Waals surface area contributed by atoms with E-state index in [0.29, 0.717) is 32.5 Å². The Morgan fingerprint density at radius 1 is 0.882 bits per heavy atom. The van der Waals surface area contributed by atoms with Gasteiger partial charge in [-0.05, 0) is 67.1 Å². The fourth-order valence-electron chi connectivity index (χ4n) is 5.13. The molecule has 34 heavy (non-hydrogen) atoms. The van der Waals surface area contributed by atoms with Crippen LogP contribution < -0.4 is 0 Å². The highest BCUT2D eigenvalue weighted by atomic mass is 32.2. The normalized spacial score (nSPS) is 15.7. The molecule has 3 aromatic carbocycles. The zero-order valence-corrected chi connectivity index (χ0v) is 19.7. The maximum atomic E-state index is 14.2. The zero-order chi connectivity index (χ0) is 23.9. The molecule has 1 aliphatic rings. The van der Waals surface area contributed by atoms with E-state index in [4.69, 9.17) is 0 Å². The Morgan fingerprint density at radius 2 is 1.53 bits per heavy atom. The molecular weight excluding hydrogens is 454 g/mol. The van der Waals surface area contributed by atoms with Crippen molar-refractivity contribution >= 4 is 20.9 Å². The molecule has 1 aliphatic heterocycles. The van der Waals surface area contributed by atoms with E-state index in [1.807, 2.05) is 12.1 Å². The van der Waals surface area contributed by atoms with E-state index in [-0.39, 0.29) is 16.6 Å². The first-order chi connectivity index (χ1) is 16.4. The smallest absolute Gasteiger partial charge is 0.245 e. The Hall–Kier alpha value is -3.03. The number of fused-ring (bicyclic) bond motifs is 1. The van der Waals surface area contributed by atoms with Crippen LogP contribution in [0, 0.1) is 18.6 Å². The van der Waals surface area contributed by atoms with E-state index >= 15 is 0 Å². The third kappa shape index (κ3) is 4.03. The third-order valence-corrected chi connectivity index (χ3v) is 8.78. The SMILES string of the molecule is Cc1c(C2CCN(S(=O)(=O)c3ccccc3F)CC2)c2ccccc2n1Cc1ccc(F)cc1. The molecular formula is C27H26F2N2O2S. The molecule has 7 heteroatoms. The quantitative estimate of drug-likeness (QED) is 0.360. The monoisotopic (exact) mass is 480 g/mol. The van der Waals surface area contributed by atoms with Crippen molar-refractivity contribution in [3.63, 3.8) is 0 Å². The van der Waals surface area contributed by atoms with Gasteiger partial charge in [0.1, 0.15) is 16.5 Å². The average molecular weight is 481 g/mol. The summed E-state index contributed by atoms with van der Waals surface area (Å²) in [6.07, 6.45) is 1.33. The van der Waals surface area contributed by atoms with Gasteiger partial charge >= 0.3 is 0 Å². The van der Waals surface area contributed by atoms with Crippen LogP contribution in [0.15, 0.2) is 77.7 Å². The van der Waals surface area contributed by atoms with Crippen LogP contribution in [-0.4, -0.2) is 30.4 Å². The molecule has 0 radical (unpaired) electrons. The fraction of sp³-hybridized carbons (Fsp3) is 0.259. The molecule has 0 N–H and O–H groups in total. The number of halogens is 2. The van der Waals surface area contributed by atoms with Gasteiger partial charge in [0.25, 0.3) is 0 Å². The highest BCUT2D eigenvalue weighted by Crippen LogP contribution is 2.38. The number of aromatic nitrogens is 1. The first kappa shape index (κ1) is 22.7. The Morgan fingerprint density at radius 3 is 2.24 bits per heavy atom. The molecule has 4 aromatic rings. The topological polar surface area (TPSA) is 42.3 Å². The maximum Gasteiger partial charge on any atom is 0.245 e. The van der Waals surface area contributed by atoms with E-state index < -0.39 is 15.8 Å². The fourth-order valence-corrected chi connectivity index (χ4v) is 6.66. The summed E-state index contributed by atoms with van der Waals surface area (Å²) in [5.41, 5.74) is 4.50. The van der Waals surface area contributed by atoms with Gasteiger partial charge in [-0.1, -0.05) is 42.5 Å². The predicted molar refractivity (Wildman–Crippen MR) is 129 cm³/mol. The number of nitrogens with zero attached hydrogens (tertiary/aromatic N) is 2. The van der Waals surface area contributed by atoms with Crippen LogP contribution in [-0.2, 0) is 16.6 Å². The standard InChI is InChI=1S/C27H26F2N2O2S/c1-19-27(21-14-16-30(17-15-21)34(32,33)26-9-5-3-7-24(26)29)23-6-2-4-8-25(23)31(19)18-20-10-12-22(28)13-11-20/h2-13,21H,14-18H2,1H3. The van der Waals surface area contributed by atoms with E-state index in [1.54, 1.807) is 18.2 Å². The van der Waals surface area contributed by atoms with Crippen molar-refractivity contribution in [2.24, 2.45) is 0 Å². The number of hydrogen-bond acceptors (Lipinski definition) is 2. The van der Waals surface area contributed by atoms with Crippen molar-refractivity contribution in [1.29, 1.82) is 0 Å². The second-order valence-electron chi connectivity index (χ2n) is 8.84. The number of hydrogen-bond donors (Lipinski definition) is 0. The first-order valence-corrected chi connectivity index (χ1v) is 12.9. The van der Waals surface area contributed by atoms with Gasteiger partial charge in [0.15, 0.2) is 0 Å². The van der Waals surface area contributed by atoms with Crippen LogP contribution in [0.4, 0.5) is 8.78 Å². The molecule has 0 saturated carbocycles. The average Bonchev–Trinajstić information content (AvgIpc) is 3.12. The summed E-state index contributed by atoms with van der Waals surface area (Å²) >= 11 is 0. The summed E-state index contributed by atoms with van der Waals surface area (Å²) in [4.78, 5) is -0.263. The van der Waals surface area contributed by atoms with Gasteiger partial charge in [-0.25, -0.2) is 17.2 Å². The molecule has 1 aromatic heterocycles. The lowest BCUT2D eigenvalue weighted by Gasteiger charge is -2.31. The lowest BCUT2D eigenvalue weighted by molar-refractivity contribution is 0.318. The number of para-hydroxylation sites is 1. The third-order valence-electron chi connectivity index (χ3n) is 6.85. The van der Waals surface area contributed by atoms with Crippen molar-refractivity contribution in [1.82, 2.24) is 8.87 Å².